The first-order valence-electron chi connectivity index (χ1n) is 7.29. The first-order chi connectivity index (χ1) is 8.75. The largest absolute Gasteiger partial charge is 0.385 e. The Kier molecular flexibility index (Phi) is 5.06. The van der Waals surface area contributed by atoms with Crippen LogP contribution in [-0.4, -0.2) is 31.1 Å². The topological polar surface area (TPSA) is 15.3 Å². The molecule has 2 rings (SSSR count). The summed E-state index contributed by atoms with van der Waals surface area (Å²) in [6.45, 7) is 9.29. The lowest BCUT2D eigenvalue weighted by molar-refractivity contribution is 0.228. The Morgan fingerprint density at radius 3 is 2.56 bits per heavy atom. The van der Waals surface area contributed by atoms with Gasteiger partial charge in [-0.3, -0.25) is 0 Å². The zero-order chi connectivity index (χ0) is 12.8. The highest BCUT2D eigenvalue weighted by Crippen LogP contribution is 2.14. The molecule has 100 valence electrons. The summed E-state index contributed by atoms with van der Waals surface area (Å²) in [7, 11) is 0. The van der Waals surface area contributed by atoms with Gasteiger partial charge in [-0.15, -0.1) is 0 Å². The zero-order valence-electron chi connectivity index (χ0n) is 11.8. The van der Waals surface area contributed by atoms with Crippen molar-refractivity contribution in [1.29, 1.82) is 0 Å². The minimum atomic E-state index is 1.08. The quantitative estimate of drug-likeness (QED) is 0.799. The van der Waals surface area contributed by atoms with Crippen molar-refractivity contribution in [2.75, 3.05) is 31.5 Å². The van der Waals surface area contributed by atoms with Crippen molar-refractivity contribution in [2.45, 2.75) is 39.5 Å². The predicted molar refractivity (Wildman–Crippen MR) is 79.3 cm³/mol. The molecule has 1 aromatic carbocycles. The summed E-state index contributed by atoms with van der Waals surface area (Å²) in [5.41, 5.74) is 4.00. The number of hydrogen-bond acceptors (Lipinski definition) is 2. The van der Waals surface area contributed by atoms with Crippen molar-refractivity contribution >= 4 is 5.69 Å². The molecule has 0 aromatic heterocycles. The molecule has 1 aliphatic heterocycles. The minimum absolute atomic E-state index is 1.08. The van der Waals surface area contributed by atoms with Gasteiger partial charge in [0, 0.05) is 12.2 Å². The molecule has 0 radical (unpaired) electrons. The number of anilines is 1. The van der Waals surface area contributed by atoms with Gasteiger partial charge in [0.15, 0.2) is 0 Å². The molecule has 2 heteroatoms. The summed E-state index contributed by atoms with van der Waals surface area (Å²) in [6, 6.07) is 6.63. The molecule has 0 unspecified atom stereocenters. The van der Waals surface area contributed by atoms with Gasteiger partial charge in [-0.25, -0.2) is 0 Å². The minimum Gasteiger partial charge on any atom is -0.385 e. The van der Waals surface area contributed by atoms with E-state index in [0.717, 1.165) is 6.54 Å². The molecule has 0 bridgehead atoms. The molecular formula is C16H26N2. The van der Waals surface area contributed by atoms with Gasteiger partial charge >= 0.3 is 0 Å². The average molecular weight is 246 g/mol. The van der Waals surface area contributed by atoms with Crippen molar-refractivity contribution in [2.24, 2.45) is 0 Å². The number of hydrogen-bond donors (Lipinski definition) is 1. The fourth-order valence-electron chi connectivity index (χ4n) is 2.57. The number of rotatable bonds is 5. The van der Waals surface area contributed by atoms with Crippen LogP contribution in [0.2, 0.25) is 0 Å². The Bertz CT molecular complexity index is 367. The lowest BCUT2D eigenvalue weighted by Gasteiger charge is -2.26. The van der Waals surface area contributed by atoms with E-state index < -0.39 is 0 Å². The monoisotopic (exact) mass is 246 g/mol. The maximum absolute atomic E-state index is 3.53. The fraction of sp³-hybridized carbons (Fsp3) is 0.625. The van der Waals surface area contributed by atoms with Crippen LogP contribution in [0.5, 0.6) is 0 Å². The SMILES string of the molecule is Cc1ccc(NCCCN2CCCCC2)cc1C. The molecule has 1 fully saturated rings. The van der Waals surface area contributed by atoms with Gasteiger partial charge in [0.25, 0.3) is 0 Å². The molecule has 0 saturated carbocycles. The fourth-order valence-corrected chi connectivity index (χ4v) is 2.57. The highest BCUT2D eigenvalue weighted by molar-refractivity contribution is 5.47. The lowest BCUT2D eigenvalue weighted by Crippen LogP contribution is -2.31. The van der Waals surface area contributed by atoms with E-state index in [9.17, 15) is 0 Å². The molecule has 1 N–H and O–H groups in total. The van der Waals surface area contributed by atoms with Crippen LogP contribution in [0, 0.1) is 13.8 Å². The van der Waals surface area contributed by atoms with Crippen LogP contribution < -0.4 is 5.32 Å². The van der Waals surface area contributed by atoms with E-state index in [2.05, 4.69) is 42.3 Å². The second-order valence-electron chi connectivity index (χ2n) is 5.48. The van der Waals surface area contributed by atoms with Gasteiger partial charge in [0.1, 0.15) is 0 Å². The van der Waals surface area contributed by atoms with E-state index in [1.165, 1.54) is 62.1 Å². The number of nitrogens with zero attached hydrogens (tertiary/aromatic N) is 1. The van der Waals surface area contributed by atoms with E-state index in [4.69, 9.17) is 0 Å². The van der Waals surface area contributed by atoms with Crippen LogP contribution in [0.25, 0.3) is 0 Å². The van der Waals surface area contributed by atoms with Crippen molar-refractivity contribution in [1.82, 2.24) is 4.90 Å². The van der Waals surface area contributed by atoms with Crippen LogP contribution in [0.1, 0.15) is 36.8 Å². The summed E-state index contributed by atoms with van der Waals surface area (Å²) < 4.78 is 0. The van der Waals surface area contributed by atoms with Gasteiger partial charge in [-0.2, -0.15) is 0 Å². The summed E-state index contributed by atoms with van der Waals surface area (Å²) >= 11 is 0. The van der Waals surface area contributed by atoms with Crippen LogP contribution in [0.3, 0.4) is 0 Å². The number of nitrogens with one attached hydrogen (secondary N) is 1. The van der Waals surface area contributed by atoms with Gasteiger partial charge < -0.3 is 10.2 Å². The molecule has 1 saturated heterocycles. The normalized spacial score (nSPS) is 16.8. The van der Waals surface area contributed by atoms with E-state index in [1.807, 2.05) is 0 Å². The standard InChI is InChI=1S/C16H26N2/c1-14-7-8-16(13-15(14)2)17-9-6-12-18-10-4-3-5-11-18/h7-8,13,17H,3-6,9-12H2,1-2H3. The predicted octanol–water partition coefficient (Wildman–Crippen LogP) is 3.59. The zero-order valence-corrected chi connectivity index (χ0v) is 11.8. The Labute approximate surface area is 111 Å². The highest BCUT2D eigenvalue weighted by Gasteiger charge is 2.08. The van der Waals surface area contributed by atoms with Gasteiger partial charge in [-0.1, -0.05) is 12.5 Å². The first kappa shape index (κ1) is 13.4. The maximum atomic E-state index is 3.53. The molecule has 1 aromatic rings. The Morgan fingerprint density at radius 2 is 1.83 bits per heavy atom. The van der Waals surface area contributed by atoms with Gasteiger partial charge in [0.2, 0.25) is 0 Å². The average Bonchev–Trinajstić information content (AvgIpc) is 2.40. The van der Waals surface area contributed by atoms with Crippen LogP contribution >= 0.6 is 0 Å². The number of aryl methyl sites for hydroxylation is 2. The highest BCUT2D eigenvalue weighted by atomic mass is 15.1. The molecule has 0 amide bonds. The molecule has 2 nitrogen and oxygen atoms in total. The lowest BCUT2D eigenvalue weighted by atomic mass is 10.1. The molecule has 18 heavy (non-hydrogen) atoms. The van der Waals surface area contributed by atoms with Crippen molar-refractivity contribution in [3.8, 4) is 0 Å². The maximum Gasteiger partial charge on any atom is 0.0343 e. The van der Waals surface area contributed by atoms with E-state index in [-0.39, 0.29) is 0 Å². The Hall–Kier alpha value is -1.02. The third-order valence-electron chi connectivity index (χ3n) is 3.94. The molecule has 0 aliphatic carbocycles. The summed E-state index contributed by atoms with van der Waals surface area (Å²) in [6.07, 6.45) is 5.46. The third kappa shape index (κ3) is 4.02. The Morgan fingerprint density at radius 1 is 1.06 bits per heavy atom. The molecule has 1 aliphatic rings. The summed E-state index contributed by atoms with van der Waals surface area (Å²) in [5, 5.41) is 3.53. The van der Waals surface area contributed by atoms with Crippen LogP contribution in [0.15, 0.2) is 18.2 Å². The second-order valence-corrected chi connectivity index (χ2v) is 5.48. The van der Waals surface area contributed by atoms with Gasteiger partial charge in [0.05, 0.1) is 0 Å². The van der Waals surface area contributed by atoms with Crippen LogP contribution in [-0.2, 0) is 0 Å². The molecule has 0 atom stereocenters. The van der Waals surface area contributed by atoms with E-state index in [0.29, 0.717) is 0 Å². The molecule has 0 spiro atoms. The number of piperidine rings is 1. The molecule has 1 heterocycles. The van der Waals surface area contributed by atoms with Crippen molar-refractivity contribution in [3.05, 3.63) is 29.3 Å². The summed E-state index contributed by atoms with van der Waals surface area (Å²) in [5.74, 6) is 0. The summed E-state index contributed by atoms with van der Waals surface area (Å²) in [4.78, 5) is 2.60. The van der Waals surface area contributed by atoms with Crippen LogP contribution in [0.4, 0.5) is 5.69 Å². The van der Waals surface area contributed by atoms with Crippen molar-refractivity contribution in [3.63, 3.8) is 0 Å². The smallest absolute Gasteiger partial charge is 0.0343 e. The number of benzene rings is 1. The Balaban J connectivity index is 1.66. The first-order valence-corrected chi connectivity index (χ1v) is 7.29. The van der Waals surface area contributed by atoms with Crippen molar-refractivity contribution < 1.29 is 0 Å². The third-order valence-corrected chi connectivity index (χ3v) is 3.94. The van der Waals surface area contributed by atoms with Gasteiger partial charge in [-0.05, 0) is 76.0 Å². The van der Waals surface area contributed by atoms with E-state index >= 15 is 0 Å². The molecular weight excluding hydrogens is 220 g/mol. The second kappa shape index (κ2) is 6.79. The van der Waals surface area contributed by atoms with E-state index in [1.54, 1.807) is 0 Å². The number of likely N-dealkylation sites (tertiary alicyclic amines) is 1.